The van der Waals surface area contributed by atoms with Crippen molar-refractivity contribution in [1.82, 2.24) is 18.7 Å². The fourth-order valence-corrected chi connectivity index (χ4v) is 8.95. The Morgan fingerprint density at radius 1 is 0.964 bits per heavy atom. The van der Waals surface area contributed by atoms with E-state index in [1.807, 2.05) is 11.5 Å². The first kappa shape index (κ1) is 39.7. The van der Waals surface area contributed by atoms with Gasteiger partial charge in [0.25, 0.3) is 11.8 Å². The molecule has 4 heterocycles. The summed E-state index contributed by atoms with van der Waals surface area (Å²) in [6, 6.07) is 13.4. The molecule has 1 aliphatic carbocycles. The van der Waals surface area contributed by atoms with Gasteiger partial charge in [-0.3, -0.25) is 23.7 Å². The zero-order valence-electron chi connectivity index (χ0n) is 30.3. The van der Waals surface area contributed by atoms with E-state index in [-0.39, 0.29) is 39.2 Å². The van der Waals surface area contributed by atoms with Gasteiger partial charge in [-0.15, -0.1) is 12.6 Å². The zero-order valence-corrected chi connectivity index (χ0v) is 34.3. The van der Waals surface area contributed by atoms with Crippen LogP contribution in [0.15, 0.2) is 70.8 Å². The lowest BCUT2D eigenvalue weighted by molar-refractivity contribution is -0.112. The minimum absolute atomic E-state index is 0.0620. The van der Waals surface area contributed by atoms with Crippen molar-refractivity contribution < 1.29 is 19.8 Å². The number of carbonyl (C=O) groups excluding carboxylic acids is 2. The molecule has 0 fully saturated rings. The largest absolute Gasteiger partial charge is 0.494 e. The highest BCUT2D eigenvalue weighted by Gasteiger charge is 2.29. The van der Waals surface area contributed by atoms with Crippen molar-refractivity contribution >= 4 is 89.1 Å². The molecule has 290 valence electrons. The van der Waals surface area contributed by atoms with Crippen molar-refractivity contribution in [2.75, 3.05) is 10.6 Å². The lowest BCUT2D eigenvalue weighted by Crippen LogP contribution is -2.19. The van der Waals surface area contributed by atoms with Crippen molar-refractivity contribution in [2.45, 2.75) is 75.8 Å². The Kier molecular flexibility index (Phi) is 11.7. The van der Waals surface area contributed by atoms with Crippen LogP contribution in [0.2, 0.25) is 15.2 Å². The third-order valence-electron chi connectivity index (χ3n) is 10.1. The molecule has 0 saturated heterocycles. The van der Waals surface area contributed by atoms with Gasteiger partial charge in [0.2, 0.25) is 5.88 Å². The molecule has 7 rings (SSSR count). The lowest BCUT2D eigenvalue weighted by atomic mass is 9.89. The number of amides is 2. The second-order valence-corrected chi connectivity index (χ2v) is 15.7. The Morgan fingerprint density at radius 2 is 1.62 bits per heavy atom. The van der Waals surface area contributed by atoms with Crippen LogP contribution in [0.4, 0.5) is 11.4 Å². The van der Waals surface area contributed by atoms with Gasteiger partial charge in [-0.1, -0.05) is 54.7 Å². The van der Waals surface area contributed by atoms with Crippen LogP contribution in [0, 0.1) is 4.77 Å². The third-order valence-corrected chi connectivity index (χ3v) is 11.8. The number of halogens is 3. The van der Waals surface area contributed by atoms with Gasteiger partial charge in [-0.2, -0.15) is 0 Å². The lowest BCUT2D eigenvalue weighted by Gasteiger charge is -2.24. The van der Waals surface area contributed by atoms with Gasteiger partial charge >= 0.3 is 0 Å². The van der Waals surface area contributed by atoms with Crippen molar-refractivity contribution in [1.29, 1.82) is 0 Å². The summed E-state index contributed by atoms with van der Waals surface area (Å²) < 4.78 is 5.39. The van der Waals surface area contributed by atoms with Crippen LogP contribution >= 0.6 is 59.6 Å². The Balaban J connectivity index is 1.08. The molecule has 5 aromatic rings. The summed E-state index contributed by atoms with van der Waals surface area (Å²) in [5.74, 6) is -0.988. The summed E-state index contributed by atoms with van der Waals surface area (Å²) in [5.41, 5.74) is 5.38. The van der Waals surface area contributed by atoms with E-state index in [9.17, 15) is 19.8 Å². The fraction of sp³-hybridized carbons (Fsp3) is 0.275. The van der Waals surface area contributed by atoms with Crippen LogP contribution in [0.1, 0.15) is 77.8 Å². The van der Waals surface area contributed by atoms with Gasteiger partial charge in [0.1, 0.15) is 16.5 Å². The van der Waals surface area contributed by atoms with Crippen LogP contribution < -0.4 is 10.6 Å². The minimum Gasteiger partial charge on any atom is -0.494 e. The molecular formula is C40H38Cl3N7O4S2. The first-order valence-electron chi connectivity index (χ1n) is 18.1. The number of anilines is 2. The van der Waals surface area contributed by atoms with E-state index in [1.165, 1.54) is 4.57 Å². The number of carbonyl (C=O) groups is 2. The standard InChI is InChI=1S/C40H38Cl3N7O4S2/c1-3-14-44-21(2)35(51)45-24-10-12-32(29(42)19-24)50-38(54)33-17-22(13-15-48(33)40(50)56)23-16-30(47-34(43)18-23)36(52)46-25-9-11-31(28(41)20-25)49-37(53)26-7-5-4-6-8-27(26)39(49)55/h9-12,14,16,18-20,22,53-55H,2-8,13,15,17H2,1H3,(H,45,51)(H,46,52). The number of hydrogen-bond donors (Lipinski definition) is 5. The summed E-state index contributed by atoms with van der Waals surface area (Å²) in [6.07, 6.45) is 8.10. The summed E-state index contributed by atoms with van der Waals surface area (Å²) in [6.45, 7) is 6.08. The van der Waals surface area contributed by atoms with Crippen LogP contribution in [-0.4, -0.2) is 46.9 Å². The molecule has 0 bridgehead atoms. The molecule has 1 unspecified atom stereocenters. The first-order valence-corrected chi connectivity index (χ1v) is 20.1. The number of imidazole rings is 1. The van der Waals surface area contributed by atoms with Crippen molar-refractivity contribution in [3.63, 3.8) is 0 Å². The molecule has 11 nitrogen and oxygen atoms in total. The predicted octanol–water partition coefficient (Wildman–Crippen LogP) is 10.0. The number of aromatic nitrogens is 4. The van der Waals surface area contributed by atoms with E-state index >= 15 is 0 Å². The van der Waals surface area contributed by atoms with Crippen molar-refractivity contribution in [3.8, 4) is 23.1 Å². The van der Waals surface area contributed by atoms with Crippen LogP contribution in [0.3, 0.4) is 0 Å². The second kappa shape index (κ2) is 16.5. The summed E-state index contributed by atoms with van der Waals surface area (Å²) in [7, 11) is 0. The van der Waals surface area contributed by atoms with Gasteiger partial charge in [-0.25, -0.2) is 4.98 Å². The molecule has 0 saturated carbocycles. The molecular weight excluding hydrogens is 813 g/mol. The fourth-order valence-electron chi connectivity index (χ4n) is 7.36. The van der Waals surface area contributed by atoms with E-state index in [0.29, 0.717) is 69.1 Å². The molecule has 2 aliphatic rings. The number of thiol groups is 1. The monoisotopic (exact) mass is 849 g/mol. The number of aliphatic imine (C=N–C) groups is 1. The number of nitrogens with zero attached hydrogens (tertiary/aromatic N) is 5. The summed E-state index contributed by atoms with van der Waals surface area (Å²) in [5, 5.41) is 29.6. The highest BCUT2D eigenvalue weighted by atomic mass is 35.5. The molecule has 3 aromatic heterocycles. The SMILES string of the molecule is C=C(N=CCC)C(=O)Nc1ccc(-n2c(O)c3n(c2=S)CCC(c2cc(Cl)nc(C(=O)Nc4ccc(-n5c(O)c6c(c5S)CCCCC6)c(Cl)c4)c2)C3)c(Cl)c1. The number of fused-ring (bicyclic) bond motifs is 2. The molecule has 1 aliphatic heterocycles. The number of benzene rings is 2. The topological polar surface area (TPSA) is 139 Å². The summed E-state index contributed by atoms with van der Waals surface area (Å²) >= 11 is 30.4. The molecule has 16 heteroatoms. The first-order chi connectivity index (χ1) is 26.9. The maximum absolute atomic E-state index is 13.5. The molecule has 4 N–H and O–H groups in total. The van der Waals surface area contributed by atoms with Crippen LogP contribution in [-0.2, 0) is 30.6 Å². The van der Waals surface area contributed by atoms with E-state index in [4.69, 9.17) is 59.6 Å². The van der Waals surface area contributed by atoms with Gasteiger partial charge < -0.3 is 25.4 Å². The van der Waals surface area contributed by atoms with Gasteiger partial charge in [0.15, 0.2) is 10.7 Å². The average molecular weight is 851 g/mol. The highest BCUT2D eigenvalue weighted by Crippen LogP contribution is 2.41. The average Bonchev–Trinajstić information content (AvgIpc) is 3.40. The molecule has 0 spiro atoms. The second-order valence-electron chi connectivity index (χ2n) is 13.7. The quantitative estimate of drug-likeness (QED) is 0.0250. The molecule has 1 atom stereocenters. The van der Waals surface area contributed by atoms with E-state index < -0.39 is 11.8 Å². The van der Waals surface area contributed by atoms with Crippen LogP contribution in [0.25, 0.3) is 11.4 Å². The Bertz CT molecular complexity index is 2480. The van der Waals surface area contributed by atoms with Gasteiger partial charge in [0.05, 0.1) is 32.1 Å². The number of pyridine rings is 1. The number of aromatic hydroxyl groups is 2. The normalized spacial score (nSPS) is 15.3. The van der Waals surface area contributed by atoms with Crippen molar-refractivity contribution in [3.05, 3.63) is 109 Å². The Hall–Kier alpha value is -4.53. The Morgan fingerprint density at radius 3 is 2.30 bits per heavy atom. The maximum Gasteiger partial charge on any atom is 0.274 e. The van der Waals surface area contributed by atoms with Crippen molar-refractivity contribution in [2.24, 2.45) is 4.99 Å². The van der Waals surface area contributed by atoms with Gasteiger partial charge in [-0.05, 0) is 116 Å². The highest BCUT2D eigenvalue weighted by molar-refractivity contribution is 7.80. The van der Waals surface area contributed by atoms with E-state index in [2.05, 4.69) is 27.2 Å². The molecule has 0 radical (unpaired) electrons. The molecule has 2 aromatic carbocycles. The predicted molar refractivity (Wildman–Crippen MR) is 227 cm³/mol. The Labute approximate surface area is 349 Å². The van der Waals surface area contributed by atoms with E-state index in [1.54, 1.807) is 59.3 Å². The van der Waals surface area contributed by atoms with Crippen LogP contribution in [0.5, 0.6) is 11.8 Å². The molecule has 2 amide bonds. The number of rotatable bonds is 9. The number of nitrogens with one attached hydrogen (secondary N) is 2. The maximum atomic E-state index is 13.5. The minimum atomic E-state index is -0.483. The third kappa shape index (κ3) is 7.75. The summed E-state index contributed by atoms with van der Waals surface area (Å²) in [4.78, 5) is 34.3. The smallest absolute Gasteiger partial charge is 0.274 e. The van der Waals surface area contributed by atoms with Gasteiger partial charge in [0, 0.05) is 36.1 Å². The van der Waals surface area contributed by atoms with E-state index in [0.717, 1.165) is 48.8 Å². The zero-order chi connectivity index (χ0) is 39.8. The molecule has 56 heavy (non-hydrogen) atoms. The number of hydrogen-bond acceptors (Lipinski definition) is 8.